The van der Waals surface area contributed by atoms with Gasteiger partial charge in [-0.2, -0.15) is 0 Å². The lowest BCUT2D eigenvalue weighted by Gasteiger charge is -2.18. The summed E-state index contributed by atoms with van der Waals surface area (Å²) in [5.74, 6) is 0. The molecule has 0 heterocycles. The van der Waals surface area contributed by atoms with E-state index < -0.39 is 6.10 Å². The maximum Gasteiger partial charge on any atom is 0.0772 e. The molecule has 0 aliphatic rings. The molecule has 0 aliphatic heterocycles. The Morgan fingerprint density at radius 1 is 1.60 bits per heavy atom. The van der Waals surface area contributed by atoms with Gasteiger partial charge in [0, 0.05) is 23.8 Å². The molecule has 2 nitrogen and oxygen atoms in total. The fourth-order valence-electron chi connectivity index (χ4n) is 1.39. The normalized spacial score (nSPS) is 12.3. The van der Waals surface area contributed by atoms with Crippen LogP contribution in [0.4, 0.5) is 5.69 Å². The standard InChI is InChI=1S/C12H16BrNO/c1-4-7-14(3)10-5-6-11(9(2)15)12(13)8-10/h4-6,8-9,15H,1,7H2,2-3H3/t9-/m0/s1. The van der Waals surface area contributed by atoms with E-state index in [9.17, 15) is 5.11 Å². The van der Waals surface area contributed by atoms with E-state index in [0.717, 1.165) is 22.3 Å². The summed E-state index contributed by atoms with van der Waals surface area (Å²) >= 11 is 3.45. The molecule has 0 unspecified atom stereocenters. The second kappa shape index (κ2) is 5.33. The predicted molar refractivity (Wildman–Crippen MR) is 68.2 cm³/mol. The van der Waals surface area contributed by atoms with Gasteiger partial charge >= 0.3 is 0 Å². The molecule has 0 saturated carbocycles. The van der Waals surface area contributed by atoms with Gasteiger partial charge in [-0.3, -0.25) is 0 Å². The first kappa shape index (κ1) is 12.3. The highest BCUT2D eigenvalue weighted by atomic mass is 79.9. The highest BCUT2D eigenvalue weighted by Crippen LogP contribution is 2.27. The van der Waals surface area contributed by atoms with Crippen molar-refractivity contribution >= 4 is 21.6 Å². The lowest BCUT2D eigenvalue weighted by Crippen LogP contribution is -2.16. The Kier molecular flexibility index (Phi) is 4.36. The minimum atomic E-state index is -0.446. The number of benzene rings is 1. The minimum Gasteiger partial charge on any atom is -0.389 e. The van der Waals surface area contributed by atoms with Gasteiger partial charge in [-0.25, -0.2) is 0 Å². The number of likely N-dealkylation sites (N-methyl/N-ethyl adjacent to an activating group) is 1. The summed E-state index contributed by atoms with van der Waals surface area (Å²) in [4.78, 5) is 2.09. The third-order valence-electron chi connectivity index (χ3n) is 2.28. The number of hydrogen-bond acceptors (Lipinski definition) is 2. The molecule has 1 aromatic rings. The van der Waals surface area contributed by atoms with E-state index in [1.54, 1.807) is 6.92 Å². The number of halogens is 1. The van der Waals surface area contributed by atoms with Crippen LogP contribution in [0.5, 0.6) is 0 Å². The van der Waals surface area contributed by atoms with Crippen LogP contribution in [-0.4, -0.2) is 18.7 Å². The Labute approximate surface area is 99.4 Å². The molecule has 0 aromatic heterocycles. The molecule has 1 aromatic carbocycles. The van der Waals surface area contributed by atoms with Crippen LogP contribution in [0.15, 0.2) is 35.3 Å². The highest BCUT2D eigenvalue weighted by Gasteiger charge is 2.07. The minimum absolute atomic E-state index is 0.446. The van der Waals surface area contributed by atoms with Crippen LogP contribution in [0.2, 0.25) is 0 Å². The third-order valence-corrected chi connectivity index (χ3v) is 2.96. The Bertz CT molecular complexity index is 349. The number of hydrogen-bond donors (Lipinski definition) is 1. The molecule has 1 atom stereocenters. The lowest BCUT2D eigenvalue weighted by atomic mass is 10.1. The highest BCUT2D eigenvalue weighted by molar-refractivity contribution is 9.10. The molecule has 0 spiro atoms. The second-order valence-electron chi connectivity index (χ2n) is 3.55. The van der Waals surface area contributed by atoms with E-state index >= 15 is 0 Å². The van der Waals surface area contributed by atoms with Crippen molar-refractivity contribution in [3.8, 4) is 0 Å². The summed E-state index contributed by atoms with van der Waals surface area (Å²) in [5, 5.41) is 9.48. The van der Waals surface area contributed by atoms with Crippen molar-refractivity contribution in [1.82, 2.24) is 0 Å². The molecule has 0 amide bonds. The first-order valence-electron chi connectivity index (χ1n) is 4.85. The maximum atomic E-state index is 9.48. The van der Waals surface area contributed by atoms with Crippen molar-refractivity contribution in [2.24, 2.45) is 0 Å². The van der Waals surface area contributed by atoms with Crippen molar-refractivity contribution in [3.63, 3.8) is 0 Å². The second-order valence-corrected chi connectivity index (χ2v) is 4.41. The van der Waals surface area contributed by atoms with Crippen molar-refractivity contribution in [2.45, 2.75) is 13.0 Å². The van der Waals surface area contributed by atoms with Gasteiger partial charge in [0.1, 0.15) is 0 Å². The first-order valence-corrected chi connectivity index (χ1v) is 5.65. The van der Waals surface area contributed by atoms with Crippen LogP contribution < -0.4 is 4.90 Å². The van der Waals surface area contributed by atoms with Crippen molar-refractivity contribution in [1.29, 1.82) is 0 Å². The van der Waals surface area contributed by atoms with Crippen LogP contribution in [-0.2, 0) is 0 Å². The molecule has 82 valence electrons. The summed E-state index contributed by atoms with van der Waals surface area (Å²) in [7, 11) is 2.01. The topological polar surface area (TPSA) is 23.5 Å². The van der Waals surface area contributed by atoms with Crippen molar-refractivity contribution < 1.29 is 5.11 Å². The molecule has 15 heavy (non-hydrogen) atoms. The Balaban J connectivity index is 2.95. The van der Waals surface area contributed by atoms with E-state index in [4.69, 9.17) is 0 Å². The summed E-state index contributed by atoms with van der Waals surface area (Å²) < 4.78 is 0.936. The number of anilines is 1. The van der Waals surface area contributed by atoms with Gasteiger partial charge in [0.25, 0.3) is 0 Å². The summed E-state index contributed by atoms with van der Waals surface area (Å²) in [6, 6.07) is 5.94. The summed E-state index contributed by atoms with van der Waals surface area (Å²) in [6.45, 7) is 6.26. The van der Waals surface area contributed by atoms with Gasteiger partial charge in [0.15, 0.2) is 0 Å². The largest absolute Gasteiger partial charge is 0.389 e. The number of rotatable bonds is 4. The summed E-state index contributed by atoms with van der Waals surface area (Å²) in [5.41, 5.74) is 2.01. The molecule has 3 heteroatoms. The molecular weight excluding hydrogens is 254 g/mol. The van der Waals surface area contributed by atoms with E-state index in [0.29, 0.717) is 0 Å². The molecule has 0 aliphatic carbocycles. The molecule has 0 bridgehead atoms. The predicted octanol–water partition coefficient (Wildman–Crippen LogP) is 3.12. The van der Waals surface area contributed by atoms with Crippen LogP contribution in [0.25, 0.3) is 0 Å². The molecular formula is C12H16BrNO. The molecule has 0 saturated heterocycles. The number of aliphatic hydroxyl groups excluding tert-OH is 1. The van der Waals surface area contributed by atoms with E-state index in [-0.39, 0.29) is 0 Å². The molecule has 1 N–H and O–H groups in total. The van der Waals surface area contributed by atoms with Gasteiger partial charge in [-0.1, -0.05) is 28.1 Å². The Morgan fingerprint density at radius 3 is 2.73 bits per heavy atom. The maximum absolute atomic E-state index is 9.48. The van der Waals surface area contributed by atoms with Crippen LogP contribution in [0.3, 0.4) is 0 Å². The average Bonchev–Trinajstić information content (AvgIpc) is 2.17. The molecule has 0 fully saturated rings. The van der Waals surface area contributed by atoms with Crippen molar-refractivity contribution in [3.05, 3.63) is 40.9 Å². The quantitative estimate of drug-likeness (QED) is 0.850. The van der Waals surface area contributed by atoms with Crippen LogP contribution >= 0.6 is 15.9 Å². The lowest BCUT2D eigenvalue weighted by molar-refractivity contribution is 0.198. The van der Waals surface area contributed by atoms with Gasteiger partial charge in [0.05, 0.1) is 6.10 Å². The number of nitrogens with zero attached hydrogens (tertiary/aromatic N) is 1. The molecule has 1 rings (SSSR count). The fraction of sp³-hybridized carbons (Fsp3) is 0.333. The van der Waals surface area contributed by atoms with E-state index in [2.05, 4.69) is 27.4 Å². The van der Waals surface area contributed by atoms with Gasteiger partial charge < -0.3 is 10.0 Å². The zero-order valence-electron chi connectivity index (χ0n) is 9.07. The Hall–Kier alpha value is -0.800. The van der Waals surface area contributed by atoms with Gasteiger partial charge in [-0.05, 0) is 24.6 Å². The first-order chi connectivity index (χ1) is 7.06. The molecule has 0 radical (unpaired) electrons. The number of aliphatic hydroxyl groups is 1. The van der Waals surface area contributed by atoms with E-state index in [1.165, 1.54) is 0 Å². The van der Waals surface area contributed by atoms with Crippen molar-refractivity contribution in [2.75, 3.05) is 18.5 Å². The van der Waals surface area contributed by atoms with Crippen LogP contribution in [0, 0.1) is 0 Å². The smallest absolute Gasteiger partial charge is 0.0772 e. The van der Waals surface area contributed by atoms with E-state index in [1.807, 2.05) is 31.3 Å². The zero-order valence-corrected chi connectivity index (χ0v) is 10.7. The monoisotopic (exact) mass is 269 g/mol. The summed E-state index contributed by atoms with van der Waals surface area (Å²) in [6.07, 6.45) is 1.41. The van der Waals surface area contributed by atoms with Gasteiger partial charge in [-0.15, -0.1) is 6.58 Å². The average molecular weight is 270 g/mol. The Morgan fingerprint density at radius 2 is 2.27 bits per heavy atom. The zero-order chi connectivity index (χ0) is 11.4. The SMILES string of the molecule is C=CCN(C)c1ccc([C@H](C)O)c(Br)c1. The van der Waals surface area contributed by atoms with Crippen LogP contribution in [0.1, 0.15) is 18.6 Å². The fourth-order valence-corrected chi connectivity index (χ4v) is 2.09. The van der Waals surface area contributed by atoms with Gasteiger partial charge in [0.2, 0.25) is 0 Å². The third kappa shape index (κ3) is 3.08.